The molecular formula is C16H27N3O. The fraction of sp³-hybridized carbons (Fsp3) is 0.750. The average molecular weight is 277 g/mol. The number of anilines is 1. The van der Waals surface area contributed by atoms with Crippen molar-refractivity contribution in [2.24, 2.45) is 5.92 Å². The van der Waals surface area contributed by atoms with Crippen molar-refractivity contribution in [2.45, 2.75) is 71.1 Å². The molecule has 0 spiro atoms. The van der Waals surface area contributed by atoms with Gasteiger partial charge in [-0.2, -0.15) is 5.10 Å². The second kappa shape index (κ2) is 6.42. The van der Waals surface area contributed by atoms with Gasteiger partial charge in [0.1, 0.15) is 0 Å². The molecule has 0 saturated heterocycles. The lowest BCUT2D eigenvalue weighted by molar-refractivity contribution is -0.117. The van der Waals surface area contributed by atoms with Crippen molar-refractivity contribution >= 4 is 11.7 Å². The second-order valence-corrected chi connectivity index (χ2v) is 7.03. The molecule has 1 aliphatic rings. The number of aromatic nitrogens is 2. The van der Waals surface area contributed by atoms with Gasteiger partial charge in [-0.25, -0.2) is 0 Å². The summed E-state index contributed by atoms with van der Waals surface area (Å²) in [6, 6.07) is 1.94. The smallest absolute Gasteiger partial charge is 0.225 e. The molecule has 0 radical (unpaired) electrons. The number of hydrogen-bond donors (Lipinski definition) is 2. The minimum atomic E-state index is 0.0251. The molecule has 1 saturated carbocycles. The van der Waals surface area contributed by atoms with E-state index in [1.165, 1.54) is 38.5 Å². The van der Waals surface area contributed by atoms with Gasteiger partial charge in [-0.05, 0) is 18.8 Å². The first kappa shape index (κ1) is 15.1. The van der Waals surface area contributed by atoms with E-state index in [4.69, 9.17) is 0 Å². The van der Waals surface area contributed by atoms with Gasteiger partial charge < -0.3 is 5.32 Å². The van der Waals surface area contributed by atoms with Crippen LogP contribution in [0.3, 0.4) is 0 Å². The molecule has 1 amide bonds. The maximum atomic E-state index is 12.1. The number of H-pyrrole nitrogens is 1. The highest BCUT2D eigenvalue weighted by Crippen LogP contribution is 2.26. The largest absolute Gasteiger partial charge is 0.309 e. The van der Waals surface area contributed by atoms with Crippen LogP contribution in [0.25, 0.3) is 0 Å². The highest BCUT2D eigenvalue weighted by Gasteiger charge is 2.19. The molecule has 0 aliphatic heterocycles. The van der Waals surface area contributed by atoms with E-state index < -0.39 is 0 Å². The summed E-state index contributed by atoms with van der Waals surface area (Å²) in [5.74, 6) is 1.30. The minimum absolute atomic E-state index is 0.0251. The van der Waals surface area contributed by atoms with Crippen LogP contribution in [0.15, 0.2) is 6.07 Å². The van der Waals surface area contributed by atoms with Crippen LogP contribution < -0.4 is 5.32 Å². The number of nitrogens with one attached hydrogen (secondary N) is 2. The Labute approximate surface area is 121 Å². The maximum absolute atomic E-state index is 12.1. The van der Waals surface area contributed by atoms with Crippen LogP contribution >= 0.6 is 0 Å². The Kier molecular flexibility index (Phi) is 4.84. The Bertz CT molecular complexity index is 437. The topological polar surface area (TPSA) is 57.8 Å². The summed E-state index contributed by atoms with van der Waals surface area (Å²) in [7, 11) is 0. The lowest BCUT2D eigenvalue weighted by atomic mass is 9.92. The number of carbonyl (C=O) groups is 1. The minimum Gasteiger partial charge on any atom is -0.309 e. The zero-order valence-electron chi connectivity index (χ0n) is 13.0. The third kappa shape index (κ3) is 4.36. The fourth-order valence-corrected chi connectivity index (χ4v) is 2.79. The summed E-state index contributed by atoms with van der Waals surface area (Å²) in [6.07, 6.45) is 8.22. The molecule has 0 bridgehead atoms. The summed E-state index contributed by atoms with van der Waals surface area (Å²) in [5.41, 5.74) is 1.07. The first-order chi connectivity index (χ1) is 9.45. The Morgan fingerprint density at radius 3 is 2.50 bits per heavy atom. The fourth-order valence-electron chi connectivity index (χ4n) is 2.79. The number of amides is 1. The highest BCUT2D eigenvalue weighted by atomic mass is 16.1. The van der Waals surface area contributed by atoms with Gasteiger partial charge >= 0.3 is 0 Å². The highest BCUT2D eigenvalue weighted by molar-refractivity contribution is 5.89. The summed E-state index contributed by atoms with van der Waals surface area (Å²) < 4.78 is 0. The predicted octanol–water partition coefficient (Wildman–Crippen LogP) is 4.01. The molecule has 0 aromatic carbocycles. The van der Waals surface area contributed by atoms with Gasteiger partial charge in [0, 0.05) is 23.6 Å². The first-order valence-electron chi connectivity index (χ1n) is 7.81. The van der Waals surface area contributed by atoms with Crippen LogP contribution in [0.1, 0.15) is 71.4 Å². The van der Waals surface area contributed by atoms with Crippen molar-refractivity contribution in [1.29, 1.82) is 0 Å². The van der Waals surface area contributed by atoms with Crippen LogP contribution in [-0.4, -0.2) is 16.1 Å². The maximum Gasteiger partial charge on any atom is 0.225 e. The van der Waals surface area contributed by atoms with E-state index >= 15 is 0 Å². The summed E-state index contributed by atoms with van der Waals surface area (Å²) >= 11 is 0. The predicted molar refractivity (Wildman–Crippen MR) is 81.7 cm³/mol. The lowest BCUT2D eigenvalue weighted by Gasteiger charge is -2.14. The van der Waals surface area contributed by atoms with Crippen molar-refractivity contribution < 1.29 is 4.79 Å². The number of nitrogens with zero attached hydrogens (tertiary/aromatic N) is 1. The Morgan fingerprint density at radius 1 is 1.30 bits per heavy atom. The van der Waals surface area contributed by atoms with Crippen molar-refractivity contribution in [2.75, 3.05) is 5.32 Å². The molecule has 2 rings (SSSR count). The molecule has 1 aromatic rings. The van der Waals surface area contributed by atoms with Crippen molar-refractivity contribution in [3.05, 3.63) is 11.8 Å². The van der Waals surface area contributed by atoms with Crippen LogP contribution in [-0.2, 0) is 10.2 Å². The number of hydrogen-bond acceptors (Lipinski definition) is 2. The number of carbonyl (C=O) groups excluding carboxylic acids is 1. The van der Waals surface area contributed by atoms with E-state index in [0.717, 1.165) is 5.69 Å². The normalized spacial score (nSPS) is 17.8. The molecule has 2 N–H and O–H groups in total. The molecule has 4 nitrogen and oxygen atoms in total. The van der Waals surface area contributed by atoms with Gasteiger partial charge in [0.25, 0.3) is 0 Å². The zero-order valence-corrected chi connectivity index (χ0v) is 13.0. The Balaban J connectivity index is 1.86. The number of aromatic amines is 1. The van der Waals surface area contributed by atoms with Crippen LogP contribution in [0.4, 0.5) is 5.82 Å². The lowest BCUT2D eigenvalue weighted by Crippen LogP contribution is -2.16. The van der Waals surface area contributed by atoms with Crippen LogP contribution in [0, 0.1) is 5.92 Å². The van der Waals surface area contributed by atoms with Gasteiger partial charge in [-0.15, -0.1) is 0 Å². The molecule has 1 aromatic heterocycles. The number of rotatable bonds is 3. The van der Waals surface area contributed by atoms with Crippen molar-refractivity contribution in [3.63, 3.8) is 0 Å². The molecule has 1 fully saturated rings. The van der Waals surface area contributed by atoms with E-state index in [0.29, 0.717) is 18.2 Å². The van der Waals surface area contributed by atoms with Gasteiger partial charge in [-0.1, -0.05) is 46.5 Å². The monoisotopic (exact) mass is 277 g/mol. The summed E-state index contributed by atoms with van der Waals surface area (Å²) in [5, 5.41) is 10.1. The van der Waals surface area contributed by atoms with Gasteiger partial charge in [-0.3, -0.25) is 9.89 Å². The molecule has 112 valence electrons. The molecule has 20 heavy (non-hydrogen) atoms. The van der Waals surface area contributed by atoms with Crippen molar-refractivity contribution in [1.82, 2.24) is 10.2 Å². The van der Waals surface area contributed by atoms with E-state index in [1.54, 1.807) is 0 Å². The Hall–Kier alpha value is -1.32. The van der Waals surface area contributed by atoms with Crippen LogP contribution in [0.2, 0.25) is 0 Å². The third-order valence-electron chi connectivity index (χ3n) is 4.10. The molecule has 1 heterocycles. The van der Waals surface area contributed by atoms with E-state index in [9.17, 15) is 4.79 Å². The van der Waals surface area contributed by atoms with Crippen LogP contribution in [0.5, 0.6) is 0 Å². The third-order valence-corrected chi connectivity index (χ3v) is 4.10. The van der Waals surface area contributed by atoms with E-state index in [1.807, 2.05) is 6.07 Å². The van der Waals surface area contributed by atoms with E-state index in [2.05, 4.69) is 36.3 Å². The SMILES string of the molecule is CC(C)(C)c1cc(NC(=O)CC2CCCCCC2)n[nH]1. The van der Waals surface area contributed by atoms with Crippen molar-refractivity contribution in [3.8, 4) is 0 Å². The summed E-state index contributed by atoms with van der Waals surface area (Å²) in [4.78, 5) is 12.1. The first-order valence-corrected chi connectivity index (χ1v) is 7.81. The van der Waals surface area contributed by atoms with Gasteiger partial charge in [0.2, 0.25) is 5.91 Å². The summed E-state index contributed by atoms with van der Waals surface area (Å²) in [6.45, 7) is 6.37. The molecule has 0 atom stereocenters. The van der Waals surface area contributed by atoms with E-state index in [-0.39, 0.29) is 11.3 Å². The van der Waals surface area contributed by atoms with Gasteiger partial charge in [0.05, 0.1) is 0 Å². The molecule has 4 heteroatoms. The average Bonchev–Trinajstić information content (AvgIpc) is 2.67. The second-order valence-electron chi connectivity index (χ2n) is 7.03. The standard InChI is InChI=1S/C16H27N3O/c1-16(2,3)13-11-14(19-18-13)17-15(20)10-12-8-6-4-5-7-9-12/h11-12H,4-10H2,1-3H3,(H2,17,18,19,20). The molecular weight excluding hydrogens is 250 g/mol. The molecule has 1 aliphatic carbocycles. The quantitative estimate of drug-likeness (QED) is 0.820. The molecule has 0 unspecified atom stereocenters. The zero-order chi connectivity index (χ0) is 14.6. The Morgan fingerprint density at radius 2 is 1.95 bits per heavy atom. The van der Waals surface area contributed by atoms with Gasteiger partial charge in [0.15, 0.2) is 5.82 Å².